The Bertz CT molecular complexity index is 1430. The molecule has 1 fully saturated rings. The van der Waals surface area contributed by atoms with Crippen LogP contribution in [0.5, 0.6) is 11.5 Å². The average molecular weight is 459 g/mol. The summed E-state index contributed by atoms with van der Waals surface area (Å²) in [4.78, 5) is 38.8. The molecular weight excluding hydrogens is 432 g/mol. The number of aromatic amines is 1. The van der Waals surface area contributed by atoms with E-state index in [0.29, 0.717) is 23.6 Å². The second-order valence-electron chi connectivity index (χ2n) is 8.83. The van der Waals surface area contributed by atoms with Crippen LogP contribution in [-0.4, -0.2) is 20.5 Å². The highest BCUT2D eigenvalue weighted by atomic mass is 16.5. The number of nitrogens with zero attached hydrogens (tertiary/aromatic N) is 3. The molecule has 0 radical (unpaired) electrons. The summed E-state index contributed by atoms with van der Waals surface area (Å²) in [5.74, 6) is 1.54. The molecule has 3 aromatic rings. The van der Waals surface area contributed by atoms with Crippen molar-refractivity contribution in [3.8, 4) is 23.3 Å². The molecule has 0 unspecified atom stereocenters. The predicted molar refractivity (Wildman–Crippen MR) is 127 cm³/mol. The number of carbonyl (C=O) groups excluding carboxylic acids is 1. The summed E-state index contributed by atoms with van der Waals surface area (Å²) >= 11 is 0. The third-order valence-electron chi connectivity index (χ3n) is 6.63. The SMILES string of the molecule is CCC(=O)C1(c2cc(Oc3c(C)cc(-n4nc(C#N)c(=O)[nH]c4=O)cc3C)ccc2C)CCC1. The van der Waals surface area contributed by atoms with Gasteiger partial charge in [-0.2, -0.15) is 9.94 Å². The van der Waals surface area contributed by atoms with Gasteiger partial charge in [-0.3, -0.25) is 14.6 Å². The first-order valence-corrected chi connectivity index (χ1v) is 11.3. The number of H-pyrrole nitrogens is 1. The Morgan fingerprint density at radius 3 is 2.38 bits per heavy atom. The van der Waals surface area contributed by atoms with Crippen LogP contribution in [-0.2, 0) is 10.2 Å². The summed E-state index contributed by atoms with van der Waals surface area (Å²) in [6.45, 7) is 7.63. The van der Waals surface area contributed by atoms with Crippen LogP contribution in [0.25, 0.3) is 5.69 Å². The maximum Gasteiger partial charge on any atom is 0.349 e. The average Bonchev–Trinajstić information content (AvgIpc) is 2.77. The van der Waals surface area contributed by atoms with Gasteiger partial charge < -0.3 is 4.74 Å². The first kappa shape index (κ1) is 23.2. The summed E-state index contributed by atoms with van der Waals surface area (Å²) in [7, 11) is 0. The molecule has 0 saturated heterocycles. The van der Waals surface area contributed by atoms with Crippen molar-refractivity contribution in [2.75, 3.05) is 0 Å². The minimum atomic E-state index is -0.821. The van der Waals surface area contributed by atoms with Crippen molar-refractivity contribution in [2.45, 2.75) is 58.8 Å². The molecule has 4 rings (SSSR count). The molecule has 1 aliphatic rings. The Morgan fingerprint density at radius 1 is 1.15 bits per heavy atom. The number of aromatic nitrogens is 3. The van der Waals surface area contributed by atoms with Crippen LogP contribution in [0.4, 0.5) is 0 Å². The lowest BCUT2D eigenvalue weighted by Crippen LogP contribution is -2.42. The zero-order valence-corrected chi connectivity index (χ0v) is 19.7. The number of benzene rings is 2. The lowest BCUT2D eigenvalue weighted by molar-refractivity contribution is -0.127. The number of nitriles is 1. The highest BCUT2D eigenvalue weighted by molar-refractivity contribution is 5.91. The molecule has 174 valence electrons. The van der Waals surface area contributed by atoms with E-state index in [9.17, 15) is 14.4 Å². The number of hydrogen-bond acceptors (Lipinski definition) is 6. The first-order valence-electron chi connectivity index (χ1n) is 11.3. The molecular formula is C26H26N4O4. The van der Waals surface area contributed by atoms with E-state index in [1.54, 1.807) is 18.2 Å². The molecule has 0 aliphatic heterocycles. The summed E-state index contributed by atoms with van der Waals surface area (Å²) < 4.78 is 7.26. The summed E-state index contributed by atoms with van der Waals surface area (Å²) in [6.07, 6.45) is 3.28. The van der Waals surface area contributed by atoms with Crippen molar-refractivity contribution in [1.29, 1.82) is 5.26 Å². The molecule has 1 N–H and O–H groups in total. The van der Waals surface area contributed by atoms with E-state index in [-0.39, 0.29) is 5.78 Å². The molecule has 1 aliphatic carbocycles. The largest absolute Gasteiger partial charge is 0.457 e. The number of carbonyl (C=O) groups is 1. The monoisotopic (exact) mass is 458 g/mol. The third-order valence-corrected chi connectivity index (χ3v) is 6.63. The van der Waals surface area contributed by atoms with E-state index in [4.69, 9.17) is 10.00 Å². The van der Waals surface area contributed by atoms with E-state index in [1.165, 1.54) is 0 Å². The second-order valence-corrected chi connectivity index (χ2v) is 8.83. The maximum atomic E-state index is 12.8. The fourth-order valence-electron chi connectivity index (χ4n) is 4.72. The molecule has 0 amide bonds. The number of ketones is 1. The molecule has 1 aromatic heterocycles. The normalized spacial score (nSPS) is 14.2. The predicted octanol–water partition coefficient (Wildman–Crippen LogP) is 3.91. The number of ether oxygens (including phenoxy) is 1. The minimum Gasteiger partial charge on any atom is -0.457 e. The standard InChI is InChI=1S/C26H26N4O4/c1-5-22(31)26(9-6-10-26)20-13-19(8-7-15(20)2)34-23-16(3)11-18(12-17(23)4)30-25(33)28-24(32)21(14-27)29-30/h7-8,11-13H,5-6,9-10H2,1-4H3,(H,28,32,33). The molecule has 8 nitrogen and oxygen atoms in total. The number of nitrogens with one attached hydrogen (secondary N) is 1. The Hall–Kier alpha value is -3.99. The van der Waals surface area contributed by atoms with E-state index >= 15 is 0 Å². The van der Waals surface area contributed by atoms with E-state index in [1.807, 2.05) is 45.9 Å². The topological polar surface area (TPSA) is 118 Å². The van der Waals surface area contributed by atoms with E-state index < -0.39 is 22.4 Å². The van der Waals surface area contributed by atoms with Crippen molar-refractivity contribution in [2.24, 2.45) is 0 Å². The van der Waals surface area contributed by atoms with E-state index in [0.717, 1.165) is 46.2 Å². The molecule has 1 heterocycles. The van der Waals surface area contributed by atoms with Gasteiger partial charge in [0.05, 0.1) is 11.1 Å². The fourth-order valence-corrected chi connectivity index (χ4v) is 4.72. The molecule has 1 saturated carbocycles. The van der Waals surface area contributed by atoms with Crippen molar-refractivity contribution in [3.63, 3.8) is 0 Å². The lowest BCUT2D eigenvalue weighted by atomic mass is 9.60. The van der Waals surface area contributed by atoms with Gasteiger partial charge in [-0.25, -0.2) is 4.79 Å². The molecule has 0 spiro atoms. The molecule has 0 bridgehead atoms. The van der Waals surface area contributed by atoms with Crippen LogP contribution in [0.1, 0.15) is 60.6 Å². The van der Waals surface area contributed by atoms with Gasteiger partial charge in [0.25, 0.3) is 5.56 Å². The zero-order valence-electron chi connectivity index (χ0n) is 19.7. The van der Waals surface area contributed by atoms with Crippen LogP contribution in [0.2, 0.25) is 0 Å². The molecule has 2 aromatic carbocycles. The third kappa shape index (κ3) is 3.83. The summed E-state index contributed by atoms with van der Waals surface area (Å²) in [5, 5.41) is 13.0. The number of hydrogen-bond donors (Lipinski definition) is 1. The van der Waals surface area contributed by atoms with Crippen molar-refractivity contribution in [3.05, 3.63) is 79.1 Å². The first-order chi connectivity index (χ1) is 16.2. The van der Waals surface area contributed by atoms with Crippen LogP contribution >= 0.6 is 0 Å². The molecule has 0 atom stereocenters. The molecule has 8 heteroatoms. The Kier molecular flexibility index (Phi) is 5.96. The van der Waals surface area contributed by atoms with Crippen LogP contribution in [0, 0.1) is 32.1 Å². The Morgan fingerprint density at radius 2 is 1.82 bits per heavy atom. The smallest absolute Gasteiger partial charge is 0.349 e. The van der Waals surface area contributed by atoms with Gasteiger partial charge in [-0.05, 0) is 80.1 Å². The lowest BCUT2D eigenvalue weighted by Gasteiger charge is -2.42. The van der Waals surface area contributed by atoms with Crippen molar-refractivity contribution in [1.82, 2.24) is 14.8 Å². The second kappa shape index (κ2) is 8.75. The number of rotatable bonds is 6. The quantitative estimate of drug-likeness (QED) is 0.598. The van der Waals surface area contributed by atoms with Gasteiger partial charge in [-0.15, -0.1) is 5.10 Å². The van der Waals surface area contributed by atoms with Gasteiger partial charge in [0.2, 0.25) is 5.69 Å². The Balaban J connectivity index is 1.72. The summed E-state index contributed by atoms with van der Waals surface area (Å²) in [6, 6.07) is 11.0. The summed E-state index contributed by atoms with van der Waals surface area (Å²) in [5.41, 5.74) is 1.65. The van der Waals surface area contributed by atoms with Gasteiger partial charge in [0.15, 0.2) is 0 Å². The van der Waals surface area contributed by atoms with Crippen LogP contribution in [0.3, 0.4) is 0 Å². The fraction of sp³-hybridized carbons (Fsp3) is 0.346. The van der Waals surface area contributed by atoms with Gasteiger partial charge in [-0.1, -0.05) is 19.4 Å². The van der Waals surface area contributed by atoms with Gasteiger partial charge in [0.1, 0.15) is 23.4 Å². The van der Waals surface area contributed by atoms with Crippen molar-refractivity contribution >= 4 is 5.78 Å². The van der Waals surface area contributed by atoms with Gasteiger partial charge >= 0.3 is 5.69 Å². The Labute approximate surface area is 196 Å². The highest BCUT2D eigenvalue weighted by Gasteiger charge is 2.45. The highest BCUT2D eigenvalue weighted by Crippen LogP contribution is 2.47. The number of aryl methyl sites for hydroxylation is 3. The van der Waals surface area contributed by atoms with Crippen molar-refractivity contribution < 1.29 is 9.53 Å². The zero-order chi connectivity index (χ0) is 24.6. The molecule has 34 heavy (non-hydrogen) atoms. The minimum absolute atomic E-state index is 0.270. The van der Waals surface area contributed by atoms with E-state index in [2.05, 4.69) is 10.1 Å². The number of Topliss-reactive ketones (excluding diaryl/α,β-unsaturated/α-hetero) is 1. The van der Waals surface area contributed by atoms with Gasteiger partial charge in [0, 0.05) is 6.42 Å². The van der Waals surface area contributed by atoms with Crippen LogP contribution < -0.4 is 16.0 Å². The maximum absolute atomic E-state index is 12.8. The van der Waals surface area contributed by atoms with Crippen LogP contribution in [0.15, 0.2) is 39.9 Å².